The third-order valence-corrected chi connectivity index (χ3v) is 3.34. The zero-order chi connectivity index (χ0) is 17.5. The normalized spacial score (nSPS) is 9.72. The van der Waals surface area contributed by atoms with Gasteiger partial charge in [0.25, 0.3) is 0 Å². The van der Waals surface area contributed by atoms with E-state index in [1.165, 1.54) is 0 Å². The number of anilines is 4. The lowest BCUT2D eigenvalue weighted by atomic mass is 10.2. The summed E-state index contributed by atoms with van der Waals surface area (Å²) in [6.45, 7) is 0. The number of hydrogen-bond acceptors (Lipinski definition) is 4. The first-order chi connectivity index (χ1) is 12.2. The molecule has 122 valence electrons. The van der Waals surface area contributed by atoms with E-state index in [1.54, 1.807) is 36.5 Å². The maximum atomic E-state index is 11.9. The molecule has 0 aliphatic heterocycles. The standard InChI is InChI=1S/C19H15N5O/c20-12-14-6-8-16(9-7-14)22-17-10-11-18(21-13-17)24-19(25)23-15-4-2-1-3-5-15/h1-11,13,22H,(H2,21,23,24,25). The van der Waals surface area contributed by atoms with Crippen LogP contribution in [0.3, 0.4) is 0 Å². The van der Waals surface area contributed by atoms with Crippen molar-refractivity contribution in [3.8, 4) is 6.07 Å². The van der Waals surface area contributed by atoms with Gasteiger partial charge in [-0.3, -0.25) is 5.32 Å². The maximum Gasteiger partial charge on any atom is 0.324 e. The van der Waals surface area contributed by atoms with Crippen LogP contribution in [-0.2, 0) is 0 Å². The van der Waals surface area contributed by atoms with Crippen LogP contribution >= 0.6 is 0 Å². The molecule has 0 radical (unpaired) electrons. The smallest absolute Gasteiger partial charge is 0.324 e. The first-order valence-corrected chi connectivity index (χ1v) is 7.59. The van der Waals surface area contributed by atoms with E-state index in [2.05, 4.69) is 27.0 Å². The molecule has 0 atom stereocenters. The fraction of sp³-hybridized carbons (Fsp3) is 0. The third kappa shape index (κ3) is 4.56. The van der Waals surface area contributed by atoms with Gasteiger partial charge in [-0.25, -0.2) is 9.78 Å². The quantitative estimate of drug-likeness (QED) is 0.664. The molecule has 2 amide bonds. The largest absolute Gasteiger partial charge is 0.354 e. The highest BCUT2D eigenvalue weighted by Gasteiger charge is 2.03. The lowest BCUT2D eigenvalue weighted by molar-refractivity contribution is 0.262. The van der Waals surface area contributed by atoms with Crippen molar-refractivity contribution in [2.75, 3.05) is 16.0 Å². The minimum atomic E-state index is -0.355. The fourth-order valence-electron chi connectivity index (χ4n) is 2.14. The number of pyridine rings is 1. The van der Waals surface area contributed by atoms with Crippen LogP contribution in [-0.4, -0.2) is 11.0 Å². The molecule has 0 saturated carbocycles. The molecule has 0 saturated heterocycles. The van der Waals surface area contributed by atoms with Crippen molar-refractivity contribution in [1.29, 1.82) is 5.26 Å². The molecule has 1 aromatic heterocycles. The van der Waals surface area contributed by atoms with Gasteiger partial charge in [0.2, 0.25) is 0 Å². The van der Waals surface area contributed by atoms with Gasteiger partial charge >= 0.3 is 6.03 Å². The lowest BCUT2D eigenvalue weighted by Gasteiger charge is -2.09. The number of nitrogens with zero attached hydrogens (tertiary/aromatic N) is 2. The van der Waals surface area contributed by atoms with Crippen molar-refractivity contribution in [2.45, 2.75) is 0 Å². The summed E-state index contributed by atoms with van der Waals surface area (Å²) in [5, 5.41) is 17.4. The number of amides is 2. The highest BCUT2D eigenvalue weighted by atomic mass is 16.2. The maximum absolute atomic E-state index is 11.9. The molecule has 6 nitrogen and oxygen atoms in total. The van der Waals surface area contributed by atoms with Gasteiger partial charge in [-0.15, -0.1) is 0 Å². The Morgan fingerprint density at radius 3 is 2.20 bits per heavy atom. The van der Waals surface area contributed by atoms with Crippen LogP contribution < -0.4 is 16.0 Å². The molecule has 3 aromatic rings. The first-order valence-electron chi connectivity index (χ1n) is 7.59. The molecule has 0 aliphatic rings. The van der Waals surface area contributed by atoms with Gasteiger partial charge in [0, 0.05) is 11.4 Å². The van der Waals surface area contributed by atoms with Crippen molar-refractivity contribution in [2.24, 2.45) is 0 Å². The minimum Gasteiger partial charge on any atom is -0.354 e. The molecule has 0 aliphatic carbocycles. The van der Waals surface area contributed by atoms with Crippen LogP contribution in [0.15, 0.2) is 72.9 Å². The Labute approximate surface area is 145 Å². The van der Waals surface area contributed by atoms with Crippen LogP contribution in [0.4, 0.5) is 27.7 Å². The molecule has 3 N–H and O–H groups in total. The first kappa shape index (κ1) is 16.0. The molecule has 3 rings (SSSR count). The second-order valence-corrected chi connectivity index (χ2v) is 5.19. The number of benzene rings is 2. The van der Waals surface area contributed by atoms with Crippen LogP contribution in [0.2, 0.25) is 0 Å². The Balaban J connectivity index is 1.58. The number of para-hydroxylation sites is 1. The van der Waals surface area contributed by atoms with Crippen molar-refractivity contribution in [3.63, 3.8) is 0 Å². The van der Waals surface area contributed by atoms with Crippen LogP contribution in [0.5, 0.6) is 0 Å². The van der Waals surface area contributed by atoms with E-state index in [4.69, 9.17) is 5.26 Å². The molecule has 0 unspecified atom stereocenters. The topological polar surface area (TPSA) is 89.8 Å². The van der Waals surface area contributed by atoms with Crippen LogP contribution in [0.1, 0.15) is 5.56 Å². The summed E-state index contributed by atoms with van der Waals surface area (Å²) in [4.78, 5) is 16.1. The second-order valence-electron chi connectivity index (χ2n) is 5.19. The summed E-state index contributed by atoms with van der Waals surface area (Å²) < 4.78 is 0. The Morgan fingerprint density at radius 1 is 0.840 bits per heavy atom. The summed E-state index contributed by atoms with van der Waals surface area (Å²) >= 11 is 0. The highest BCUT2D eigenvalue weighted by molar-refractivity contribution is 5.99. The number of hydrogen-bond donors (Lipinski definition) is 3. The van der Waals surface area contributed by atoms with E-state index in [1.807, 2.05) is 36.4 Å². The number of nitrogens with one attached hydrogen (secondary N) is 3. The van der Waals surface area contributed by atoms with Crippen LogP contribution in [0, 0.1) is 11.3 Å². The summed E-state index contributed by atoms with van der Waals surface area (Å²) in [7, 11) is 0. The molecule has 2 aromatic carbocycles. The lowest BCUT2D eigenvalue weighted by Crippen LogP contribution is -2.19. The SMILES string of the molecule is N#Cc1ccc(Nc2ccc(NC(=O)Nc3ccccc3)nc2)cc1. The molecule has 25 heavy (non-hydrogen) atoms. The van der Waals surface area contributed by atoms with Gasteiger partial charge in [-0.1, -0.05) is 18.2 Å². The van der Waals surface area contributed by atoms with Crippen molar-refractivity contribution >= 4 is 28.9 Å². The zero-order valence-electron chi connectivity index (χ0n) is 13.2. The van der Waals surface area contributed by atoms with E-state index in [0.29, 0.717) is 17.1 Å². The van der Waals surface area contributed by atoms with E-state index in [-0.39, 0.29) is 6.03 Å². The van der Waals surface area contributed by atoms with E-state index < -0.39 is 0 Å². The number of aromatic nitrogens is 1. The number of carbonyl (C=O) groups excluding carboxylic acids is 1. The Hall–Kier alpha value is -3.85. The zero-order valence-corrected chi connectivity index (χ0v) is 13.2. The number of rotatable bonds is 4. The van der Waals surface area contributed by atoms with E-state index in [9.17, 15) is 4.79 Å². The Morgan fingerprint density at radius 2 is 1.56 bits per heavy atom. The average Bonchev–Trinajstić information content (AvgIpc) is 2.65. The van der Waals surface area contributed by atoms with Crippen molar-refractivity contribution in [1.82, 2.24) is 4.98 Å². The predicted octanol–water partition coefficient (Wildman–Crippen LogP) is 4.34. The number of carbonyl (C=O) groups is 1. The summed E-state index contributed by atoms with van der Waals surface area (Å²) in [5.41, 5.74) is 2.94. The molecule has 0 bridgehead atoms. The number of nitriles is 1. The monoisotopic (exact) mass is 329 g/mol. The van der Waals surface area contributed by atoms with Gasteiger partial charge < -0.3 is 10.6 Å². The fourth-order valence-corrected chi connectivity index (χ4v) is 2.14. The van der Waals surface area contributed by atoms with Gasteiger partial charge in [-0.05, 0) is 48.5 Å². The van der Waals surface area contributed by atoms with Gasteiger partial charge in [-0.2, -0.15) is 5.26 Å². The third-order valence-electron chi connectivity index (χ3n) is 3.34. The van der Waals surface area contributed by atoms with Gasteiger partial charge in [0.1, 0.15) is 5.82 Å². The second kappa shape index (κ2) is 7.62. The molecule has 0 fully saturated rings. The molecular weight excluding hydrogens is 314 g/mol. The molecule has 6 heteroatoms. The number of urea groups is 1. The van der Waals surface area contributed by atoms with Gasteiger partial charge in [0.15, 0.2) is 0 Å². The Kier molecular flexibility index (Phi) is 4.88. The minimum absolute atomic E-state index is 0.355. The van der Waals surface area contributed by atoms with E-state index >= 15 is 0 Å². The average molecular weight is 329 g/mol. The van der Waals surface area contributed by atoms with Crippen molar-refractivity contribution < 1.29 is 4.79 Å². The predicted molar refractivity (Wildman–Crippen MR) is 97.8 cm³/mol. The van der Waals surface area contributed by atoms with E-state index in [0.717, 1.165) is 11.4 Å². The van der Waals surface area contributed by atoms with Gasteiger partial charge in [0.05, 0.1) is 23.5 Å². The van der Waals surface area contributed by atoms with Crippen LogP contribution in [0.25, 0.3) is 0 Å². The molecule has 1 heterocycles. The summed E-state index contributed by atoms with van der Waals surface area (Å²) in [6.07, 6.45) is 1.62. The Bertz CT molecular complexity index is 884. The molecular formula is C19H15N5O. The highest BCUT2D eigenvalue weighted by Crippen LogP contribution is 2.17. The molecule has 0 spiro atoms. The summed E-state index contributed by atoms with van der Waals surface area (Å²) in [6, 6.07) is 21.5. The van der Waals surface area contributed by atoms with Crippen molar-refractivity contribution in [3.05, 3.63) is 78.5 Å². The summed E-state index contributed by atoms with van der Waals surface area (Å²) in [5.74, 6) is 0.443.